The Labute approximate surface area is 120 Å². The molecule has 1 aromatic carbocycles. The van der Waals surface area contributed by atoms with Crippen LogP contribution >= 0.6 is 0 Å². The molecule has 0 saturated heterocycles. The van der Waals surface area contributed by atoms with Crippen molar-refractivity contribution in [1.29, 1.82) is 0 Å². The molecule has 0 aromatic heterocycles. The fourth-order valence-corrected chi connectivity index (χ4v) is 2.29. The Morgan fingerprint density at radius 3 is 2.20 bits per heavy atom. The van der Waals surface area contributed by atoms with E-state index in [2.05, 4.69) is 0 Å². The summed E-state index contributed by atoms with van der Waals surface area (Å²) in [6.45, 7) is 0. The first-order valence-corrected chi connectivity index (χ1v) is 4.76. The summed E-state index contributed by atoms with van der Waals surface area (Å²) in [5.74, 6) is -0.550. The Balaban J connectivity index is 0. The summed E-state index contributed by atoms with van der Waals surface area (Å²) >= 11 is 0. The molecule has 5 nitrogen and oxygen atoms in total. The van der Waals surface area contributed by atoms with E-state index >= 15 is 0 Å². The van der Waals surface area contributed by atoms with Crippen LogP contribution in [0.15, 0.2) is 29.2 Å². The van der Waals surface area contributed by atoms with E-state index in [4.69, 9.17) is 0 Å². The molecule has 1 aromatic rings. The van der Waals surface area contributed by atoms with E-state index in [1.54, 1.807) is 12.1 Å². The van der Waals surface area contributed by atoms with Crippen LogP contribution in [-0.2, 0) is 10.0 Å². The van der Waals surface area contributed by atoms with Crippen molar-refractivity contribution in [2.45, 2.75) is 4.90 Å². The van der Waals surface area contributed by atoms with Crippen LogP contribution in [0.25, 0.3) is 0 Å². The Bertz CT molecular complexity index is 462. The number of rotatable bonds is 0. The van der Waals surface area contributed by atoms with E-state index < -0.39 is 15.9 Å². The molecular weight excluding hydrogens is 244 g/mol. The van der Waals surface area contributed by atoms with Gasteiger partial charge in [0.1, 0.15) is 4.90 Å². The van der Waals surface area contributed by atoms with E-state index in [1.807, 2.05) is 4.72 Å². The second kappa shape index (κ2) is 6.01. The standard InChI is InChI=1S/C7H5NO3S.Al.Na.H2O.4H/c9-7-5-3-1-2-4-6(5)12(10,11)8-7;;;;;;;/h1-4H,(H,8,9);;;1H2;;;;. The summed E-state index contributed by atoms with van der Waals surface area (Å²) in [7, 11) is -3.55. The molecule has 1 aliphatic rings. The maximum atomic E-state index is 11.1. The van der Waals surface area contributed by atoms with Crippen molar-refractivity contribution in [2.75, 3.05) is 0 Å². The van der Waals surface area contributed by atoms with Crippen molar-refractivity contribution >= 4 is 62.8 Å². The van der Waals surface area contributed by atoms with Gasteiger partial charge in [0.25, 0.3) is 15.9 Å². The first-order valence-electron chi connectivity index (χ1n) is 3.27. The molecule has 0 aliphatic carbocycles. The fourth-order valence-electron chi connectivity index (χ4n) is 1.12. The Hall–Kier alpha value is 0.132. The molecule has 78 valence electrons. The molecule has 0 unspecified atom stereocenters. The minimum absolute atomic E-state index is 0. The van der Waals surface area contributed by atoms with Gasteiger partial charge < -0.3 is 5.48 Å². The van der Waals surface area contributed by atoms with Crippen molar-refractivity contribution in [3.63, 3.8) is 0 Å². The predicted molar refractivity (Wildman–Crippen MR) is 61.8 cm³/mol. The Morgan fingerprint density at radius 2 is 1.67 bits per heavy atom. The number of nitrogens with one attached hydrogen (secondary N) is 1. The number of benzene rings is 1. The third-order valence-corrected chi connectivity index (χ3v) is 3.04. The van der Waals surface area contributed by atoms with Crippen LogP contribution in [0.1, 0.15) is 10.4 Å². The Kier molecular flexibility index (Phi) is 7.03. The number of fused-ring (bicyclic) bond motifs is 1. The van der Waals surface area contributed by atoms with Gasteiger partial charge in [0.05, 0.1) is 5.56 Å². The first kappa shape index (κ1) is 17.5. The van der Waals surface area contributed by atoms with Crippen molar-refractivity contribution in [3.05, 3.63) is 29.8 Å². The molecule has 0 saturated carbocycles. The van der Waals surface area contributed by atoms with Gasteiger partial charge in [0.2, 0.25) is 0 Å². The summed E-state index contributed by atoms with van der Waals surface area (Å²) in [5.41, 5.74) is 0.220. The summed E-state index contributed by atoms with van der Waals surface area (Å²) < 4.78 is 24.2. The molecule has 1 heterocycles. The van der Waals surface area contributed by atoms with Crippen molar-refractivity contribution in [1.82, 2.24) is 4.72 Å². The van der Waals surface area contributed by atoms with Crippen molar-refractivity contribution in [3.8, 4) is 0 Å². The molecule has 1 aliphatic heterocycles. The van der Waals surface area contributed by atoms with Gasteiger partial charge in [-0.3, -0.25) is 4.79 Å². The number of sulfonamides is 1. The summed E-state index contributed by atoms with van der Waals surface area (Å²) in [6, 6.07) is 6.09. The zero-order chi connectivity index (χ0) is 8.77. The second-order valence-corrected chi connectivity index (χ2v) is 4.08. The van der Waals surface area contributed by atoms with Crippen LogP contribution in [-0.4, -0.2) is 66.7 Å². The van der Waals surface area contributed by atoms with Crippen LogP contribution in [0.3, 0.4) is 0 Å². The molecule has 15 heavy (non-hydrogen) atoms. The van der Waals surface area contributed by atoms with Crippen LogP contribution in [0.4, 0.5) is 0 Å². The zero-order valence-corrected chi connectivity index (χ0v) is 7.26. The van der Waals surface area contributed by atoms with Gasteiger partial charge in [-0.2, -0.15) is 0 Å². The van der Waals surface area contributed by atoms with Gasteiger partial charge in [0, 0.05) is 0 Å². The molecular formula is C7H11AlNNaO4S. The van der Waals surface area contributed by atoms with Gasteiger partial charge in [0.15, 0.2) is 17.4 Å². The average molecular weight is 255 g/mol. The normalized spacial score (nSPS) is 14.8. The molecule has 3 N–H and O–H groups in total. The third kappa shape index (κ3) is 3.05. The van der Waals surface area contributed by atoms with Crippen molar-refractivity contribution < 1.29 is 18.7 Å². The van der Waals surface area contributed by atoms with Gasteiger partial charge >= 0.3 is 29.6 Å². The number of hydrogen-bond donors (Lipinski definition) is 1. The molecule has 0 radical (unpaired) electrons. The van der Waals surface area contributed by atoms with Gasteiger partial charge in [-0.25, -0.2) is 13.1 Å². The molecule has 2 rings (SSSR count). The number of hydrogen-bond acceptors (Lipinski definition) is 3. The van der Waals surface area contributed by atoms with E-state index in [1.165, 1.54) is 12.1 Å². The second-order valence-electron chi connectivity index (χ2n) is 2.43. The monoisotopic (exact) mass is 255 g/mol. The van der Waals surface area contributed by atoms with Gasteiger partial charge in [-0.05, 0) is 12.1 Å². The molecule has 0 bridgehead atoms. The van der Waals surface area contributed by atoms with E-state index in [0.717, 1.165) is 0 Å². The average Bonchev–Trinajstić information content (AvgIpc) is 2.25. The molecule has 0 fully saturated rings. The third-order valence-electron chi connectivity index (χ3n) is 1.65. The number of amides is 1. The quantitative estimate of drug-likeness (QED) is 0.517. The minimum atomic E-state index is -3.55. The predicted octanol–water partition coefficient (Wildman–Crippen LogP) is -2.54. The van der Waals surface area contributed by atoms with Crippen LogP contribution < -0.4 is 4.72 Å². The molecule has 8 heteroatoms. The van der Waals surface area contributed by atoms with Crippen LogP contribution in [0, 0.1) is 0 Å². The maximum absolute atomic E-state index is 11.1. The SMILES string of the molecule is O.O=C1NS(=O)(=O)c2ccccc21.[AlH3].[NaH]. The first-order chi connectivity index (χ1) is 5.61. The summed E-state index contributed by atoms with van der Waals surface area (Å²) in [6.07, 6.45) is 0. The van der Waals surface area contributed by atoms with E-state index in [-0.39, 0.29) is 62.9 Å². The van der Waals surface area contributed by atoms with E-state index in [0.29, 0.717) is 0 Å². The topological polar surface area (TPSA) is 94.7 Å². The summed E-state index contributed by atoms with van der Waals surface area (Å²) in [4.78, 5) is 11.1. The van der Waals surface area contributed by atoms with Crippen LogP contribution in [0.2, 0.25) is 0 Å². The number of carbonyl (C=O) groups is 1. The van der Waals surface area contributed by atoms with E-state index in [9.17, 15) is 13.2 Å². The van der Waals surface area contributed by atoms with Crippen molar-refractivity contribution in [2.24, 2.45) is 0 Å². The van der Waals surface area contributed by atoms with Gasteiger partial charge in [-0.1, -0.05) is 12.1 Å². The van der Waals surface area contributed by atoms with Gasteiger partial charge in [-0.15, -0.1) is 0 Å². The summed E-state index contributed by atoms with van der Waals surface area (Å²) in [5, 5.41) is 0. The van der Waals surface area contributed by atoms with Crippen LogP contribution in [0.5, 0.6) is 0 Å². The molecule has 1 amide bonds. The number of carbonyl (C=O) groups excluding carboxylic acids is 1. The fraction of sp³-hybridized carbons (Fsp3) is 0. The zero-order valence-electron chi connectivity index (χ0n) is 6.44. The Morgan fingerprint density at radius 1 is 1.13 bits per heavy atom. The molecule has 0 atom stereocenters. The molecule has 0 spiro atoms.